The quantitative estimate of drug-likeness (QED) is 0.763. The van der Waals surface area contributed by atoms with Gasteiger partial charge in [-0.25, -0.2) is 0 Å². The summed E-state index contributed by atoms with van der Waals surface area (Å²) in [6.45, 7) is 3.33. The molecule has 2 aliphatic rings. The highest BCUT2D eigenvalue weighted by atomic mass is 15.3. The van der Waals surface area contributed by atoms with Gasteiger partial charge in [-0.15, -0.1) is 10.2 Å². The zero-order chi connectivity index (χ0) is 11.8. The van der Waals surface area contributed by atoms with E-state index in [1.807, 2.05) is 0 Å². The van der Waals surface area contributed by atoms with E-state index in [1.54, 1.807) is 0 Å². The number of piperidine rings is 1. The van der Waals surface area contributed by atoms with E-state index in [9.17, 15) is 0 Å². The predicted molar refractivity (Wildman–Crippen MR) is 65.8 cm³/mol. The fourth-order valence-electron chi connectivity index (χ4n) is 3.05. The topological polar surface area (TPSA) is 60.0 Å². The van der Waals surface area contributed by atoms with Gasteiger partial charge in [-0.2, -0.15) is 0 Å². The van der Waals surface area contributed by atoms with Gasteiger partial charge in [-0.05, 0) is 32.9 Å². The maximum atomic E-state index is 5.97. The van der Waals surface area contributed by atoms with Crippen molar-refractivity contribution < 1.29 is 0 Å². The van der Waals surface area contributed by atoms with E-state index in [4.69, 9.17) is 5.73 Å². The number of nitrogens with two attached hydrogens (primary N) is 1. The molecule has 0 radical (unpaired) electrons. The summed E-state index contributed by atoms with van der Waals surface area (Å²) < 4.78 is 2.31. The Morgan fingerprint density at radius 2 is 2.12 bits per heavy atom. The smallest absolute Gasteiger partial charge is 0.137 e. The van der Waals surface area contributed by atoms with Gasteiger partial charge in [-0.3, -0.25) is 0 Å². The third kappa shape index (κ3) is 2.09. The van der Waals surface area contributed by atoms with Crippen molar-refractivity contribution >= 4 is 0 Å². The van der Waals surface area contributed by atoms with Gasteiger partial charge in [0.1, 0.15) is 11.6 Å². The molecule has 1 fully saturated rings. The molecule has 1 aromatic heterocycles. The van der Waals surface area contributed by atoms with Crippen LogP contribution in [0.15, 0.2) is 0 Å². The van der Waals surface area contributed by atoms with Crippen molar-refractivity contribution in [3.8, 4) is 0 Å². The van der Waals surface area contributed by atoms with E-state index in [-0.39, 0.29) is 6.04 Å². The van der Waals surface area contributed by atoms with Crippen LogP contribution in [0.1, 0.15) is 36.8 Å². The van der Waals surface area contributed by atoms with Crippen molar-refractivity contribution in [2.24, 2.45) is 5.73 Å². The van der Waals surface area contributed by atoms with Gasteiger partial charge in [0.2, 0.25) is 0 Å². The molecule has 0 saturated carbocycles. The van der Waals surface area contributed by atoms with Crippen molar-refractivity contribution in [2.45, 2.75) is 44.2 Å². The van der Waals surface area contributed by atoms with Gasteiger partial charge in [0, 0.05) is 31.5 Å². The second-order valence-corrected chi connectivity index (χ2v) is 5.48. The third-order valence-electron chi connectivity index (χ3n) is 4.01. The molecule has 2 unspecified atom stereocenters. The van der Waals surface area contributed by atoms with E-state index in [2.05, 4.69) is 26.7 Å². The highest BCUT2D eigenvalue weighted by Gasteiger charge is 2.27. The van der Waals surface area contributed by atoms with Gasteiger partial charge >= 0.3 is 0 Å². The Morgan fingerprint density at radius 1 is 1.24 bits per heavy atom. The minimum absolute atomic E-state index is 0.272. The number of likely N-dealkylation sites (tertiary alicyclic amines) is 1. The summed E-state index contributed by atoms with van der Waals surface area (Å²) in [7, 11) is 2.19. The van der Waals surface area contributed by atoms with Crippen LogP contribution in [0.2, 0.25) is 0 Å². The number of fused-ring (bicyclic) bond motifs is 1. The summed E-state index contributed by atoms with van der Waals surface area (Å²) in [4.78, 5) is 2.39. The van der Waals surface area contributed by atoms with Gasteiger partial charge < -0.3 is 15.2 Å². The molecule has 94 valence electrons. The number of aromatic nitrogens is 3. The normalized spacial score (nSPS) is 30.2. The highest BCUT2D eigenvalue weighted by Crippen LogP contribution is 2.27. The van der Waals surface area contributed by atoms with E-state index in [0.29, 0.717) is 5.92 Å². The Labute approximate surface area is 102 Å². The minimum Gasteiger partial charge on any atom is -0.327 e. The van der Waals surface area contributed by atoms with E-state index < -0.39 is 0 Å². The summed E-state index contributed by atoms with van der Waals surface area (Å²) in [5.41, 5.74) is 5.97. The van der Waals surface area contributed by atoms with Crippen molar-refractivity contribution in [1.29, 1.82) is 0 Å². The molecule has 2 atom stereocenters. The van der Waals surface area contributed by atoms with Crippen LogP contribution in [0.4, 0.5) is 0 Å². The van der Waals surface area contributed by atoms with E-state index in [0.717, 1.165) is 31.8 Å². The molecule has 5 nitrogen and oxygen atoms in total. The third-order valence-corrected chi connectivity index (χ3v) is 4.01. The molecule has 0 aromatic carbocycles. The minimum atomic E-state index is 0.272. The lowest BCUT2D eigenvalue weighted by Crippen LogP contribution is -2.34. The highest BCUT2D eigenvalue weighted by molar-refractivity contribution is 5.07. The summed E-state index contributed by atoms with van der Waals surface area (Å²) in [5.74, 6) is 2.84. The molecule has 3 rings (SSSR count). The van der Waals surface area contributed by atoms with Gasteiger partial charge in [0.05, 0.1) is 0 Å². The second-order valence-electron chi connectivity index (χ2n) is 5.48. The van der Waals surface area contributed by atoms with Crippen LogP contribution in [0.25, 0.3) is 0 Å². The molecule has 2 N–H and O–H groups in total. The fraction of sp³-hybridized carbons (Fsp3) is 0.833. The lowest BCUT2D eigenvalue weighted by Gasteiger charge is -2.30. The van der Waals surface area contributed by atoms with Crippen LogP contribution in [0.5, 0.6) is 0 Å². The first-order valence-electron chi connectivity index (χ1n) is 6.60. The monoisotopic (exact) mass is 235 g/mol. The van der Waals surface area contributed by atoms with Gasteiger partial charge in [0.15, 0.2) is 0 Å². The van der Waals surface area contributed by atoms with E-state index in [1.165, 1.54) is 25.2 Å². The van der Waals surface area contributed by atoms with Crippen molar-refractivity contribution in [2.75, 3.05) is 20.1 Å². The standard InChI is InChI=1S/C12H21N5/c1-16-5-2-3-9(8-16)12-15-14-11-7-10(13)4-6-17(11)12/h9-10H,2-8,13H2,1H3. The molecule has 1 saturated heterocycles. The van der Waals surface area contributed by atoms with Gasteiger partial charge in [-0.1, -0.05) is 0 Å². The molecular formula is C12H21N5. The lowest BCUT2D eigenvalue weighted by atomic mass is 9.97. The summed E-state index contributed by atoms with van der Waals surface area (Å²) in [5, 5.41) is 8.74. The summed E-state index contributed by atoms with van der Waals surface area (Å²) in [6, 6.07) is 0.272. The Balaban J connectivity index is 1.84. The van der Waals surface area contributed by atoms with Crippen LogP contribution in [0.3, 0.4) is 0 Å². The largest absolute Gasteiger partial charge is 0.327 e. The zero-order valence-corrected chi connectivity index (χ0v) is 10.5. The molecule has 5 heteroatoms. The molecule has 3 heterocycles. The van der Waals surface area contributed by atoms with Crippen LogP contribution in [0, 0.1) is 0 Å². The number of likely N-dealkylation sites (N-methyl/N-ethyl adjacent to an activating group) is 1. The first-order chi connectivity index (χ1) is 8.24. The maximum Gasteiger partial charge on any atom is 0.137 e. The molecule has 2 aliphatic heterocycles. The number of hydrogen-bond donors (Lipinski definition) is 1. The number of hydrogen-bond acceptors (Lipinski definition) is 4. The van der Waals surface area contributed by atoms with Crippen LogP contribution >= 0.6 is 0 Å². The van der Waals surface area contributed by atoms with Crippen molar-refractivity contribution in [3.63, 3.8) is 0 Å². The SMILES string of the molecule is CN1CCCC(c2nnc3n2CCC(N)C3)C1. The summed E-state index contributed by atoms with van der Waals surface area (Å²) >= 11 is 0. The lowest BCUT2D eigenvalue weighted by molar-refractivity contribution is 0.241. The van der Waals surface area contributed by atoms with Crippen molar-refractivity contribution in [1.82, 2.24) is 19.7 Å². The molecule has 17 heavy (non-hydrogen) atoms. The maximum absolute atomic E-state index is 5.97. The first-order valence-corrected chi connectivity index (χ1v) is 6.60. The fourth-order valence-corrected chi connectivity index (χ4v) is 3.05. The second kappa shape index (κ2) is 4.38. The van der Waals surface area contributed by atoms with Gasteiger partial charge in [0.25, 0.3) is 0 Å². The first kappa shape index (κ1) is 11.2. The molecule has 1 aromatic rings. The average Bonchev–Trinajstić information content (AvgIpc) is 2.71. The Bertz CT molecular complexity index is 400. The molecule has 0 spiro atoms. The molecule has 0 aliphatic carbocycles. The Hall–Kier alpha value is -0.940. The van der Waals surface area contributed by atoms with Crippen LogP contribution < -0.4 is 5.73 Å². The molecule has 0 amide bonds. The molecular weight excluding hydrogens is 214 g/mol. The number of nitrogens with zero attached hydrogens (tertiary/aromatic N) is 4. The Kier molecular flexibility index (Phi) is 2.88. The van der Waals surface area contributed by atoms with Crippen molar-refractivity contribution in [3.05, 3.63) is 11.6 Å². The van der Waals surface area contributed by atoms with Crippen LogP contribution in [-0.4, -0.2) is 45.8 Å². The zero-order valence-electron chi connectivity index (χ0n) is 10.5. The summed E-state index contributed by atoms with van der Waals surface area (Å²) in [6.07, 6.45) is 4.45. The Morgan fingerprint density at radius 3 is 2.94 bits per heavy atom. The predicted octanol–water partition coefficient (Wildman–Crippen LogP) is 0.361. The number of rotatable bonds is 1. The van der Waals surface area contributed by atoms with Crippen LogP contribution in [-0.2, 0) is 13.0 Å². The molecule has 0 bridgehead atoms. The average molecular weight is 235 g/mol. The van der Waals surface area contributed by atoms with E-state index >= 15 is 0 Å².